The predicted octanol–water partition coefficient (Wildman–Crippen LogP) is 3.33. The SMILES string of the molecule is CC(C)Oc1cc(C(=O)N2C[C@@H]3[C@H]4CN(C(=O)c5ccc6[nH]nnc6c5)C[C@H]4[C@@H]3C2)cc2c1ccn2C. The molecule has 4 aromatic rings. The number of rotatable bonds is 4. The van der Waals surface area contributed by atoms with E-state index in [1.165, 1.54) is 0 Å². The topological polar surface area (TPSA) is 96.3 Å². The van der Waals surface area contributed by atoms with Crippen molar-refractivity contribution in [3.63, 3.8) is 0 Å². The first-order chi connectivity index (χ1) is 17.9. The standard InChI is InChI=1S/C28H30N6O3/c1-15(2)37-26-10-17(9-25-18(26)6-7-32(25)3)28(36)34-13-21-19-11-33(12-20(19)22(21)14-34)27(35)16-4-5-23-24(8-16)30-31-29-23/h4-10,15,19-22H,11-14H2,1-3H3,(H,29,30,31)/t19-,20+,21+,22-. The zero-order chi connectivity index (χ0) is 25.4. The largest absolute Gasteiger partial charge is 0.490 e. The minimum atomic E-state index is 0.0271. The van der Waals surface area contributed by atoms with E-state index in [1.54, 1.807) is 0 Å². The van der Waals surface area contributed by atoms with Crippen molar-refractivity contribution < 1.29 is 14.3 Å². The highest BCUT2D eigenvalue weighted by molar-refractivity contribution is 6.00. The van der Waals surface area contributed by atoms with Gasteiger partial charge in [0.15, 0.2) is 0 Å². The number of nitrogens with one attached hydrogen (secondary N) is 1. The summed E-state index contributed by atoms with van der Waals surface area (Å²) in [6, 6.07) is 11.4. The van der Waals surface area contributed by atoms with Crippen molar-refractivity contribution >= 4 is 33.8 Å². The van der Waals surface area contributed by atoms with Crippen molar-refractivity contribution in [2.75, 3.05) is 26.2 Å². The first-order valence-corrected chi connectivity index (χ1v) is 13.0. The Bertz CT molecular complexity index is 1530. The van der Waals surface area contributed by atoms with Crippen LogP contribution in [0.3, 0.4) is 0 Å². The number of aromatic nitrogens is 4. The Morgan fingerprint density at radius 1 is 0.919 bits per heavy atom. The molecule has 37 heavy (non-hydrogen) atoms. The Morgan fingerprint density at radius 3 is 2.22 bits per heavy atom. The van der Waals surface area contributed by atoms with Gasteiger partial charge in [0.1, 0.15) is 11.3 Å². The summed E-state index contributed by atoms with van der Waals surface area (Å²) in [5, 5.41) is 11.7. The first-order valence-electron chi connectivity index (χ1n) is 13.0. The molecular formula is C28H30N6O3. The molecule has 9 nitrogen and oxygen atoms in total. The molecule has 0 spiro atoms. The second kappa shape index (κ2) is 8.06. The zero-order valence-electron chi connectivity index (χ0n) is 21.2. The molecule has 190 valence electrons. The van der Waals surface area contributed by atoms with Crippen molar-refractivity contribution in [1.82, 2.24) is 29.8 Å². The van der Waals surface area contributed by atoms with Crippen LogP contribution in [0.5, 0.6) is 5.75 Å². The number of likely N-dealkylation sites (tertiary alicyclic amines) is 2. The molecule has 2 aliphatic heterocycles. The van der Waals surface area contributed by atoms with Crippen molar-refractivity contribution in [3.8, 4) is 5.75 Å². The summed E-state index contributed by atoms with van der Waals surface area (Å²) in [4.78, 5) is 30.8. The van der Waals surface area contributed by atoms with Crippen LogP contribution in [-0.4, -0.2) is 73.9 Å². The molecule has 1 aliphatic carbocycles. The van der Waals surface area contributed by atoms with Gasteiger partial charge >= 0.3 is 0 Å². The smallest absolute Gasteiger partial charge is 0.254 e. The molecule has 4 heterocycles. The van der Waals surface area contributed by atoms with Crippen molar-refractivity contribution in [2.24, 2.45) is 30.7 Å². The molecule has 2 aromatic heterocycles. The summed E-state index contributed by atoms with van der Waals surface area (Å²) in [6.07, 6.45) is 2.03. The lowest BCUT2D eigenvalue weighted by atomic mass is 9.60. The monoisotopic (exact) mass is 498 g/mol. The number of amides is 2. The van der Waals surface area contributed by atoms with Crippen LogP contribution in [0.4, 0.5) is 0 Å². The van der Waals surface area contributed by atoms with Gasteiger partial charge in [-0.05, 0) is 73.9 Å². The highest BCUT2D eigenvalue weighted by Crippen LogP contribution is 2.54. The molecule has 2 aromatic carbocycles. The van der Waals surface area contributed by atoms with Gasteiger partial charge in [0.25, 0.3) is 11.8 Å². The van der Waals surface area contributed by atoms with E-state index >= 15 is 0 Å². The molecule has 3 fully saturated rings. The second-order valence-electron chi connectivity index (χ2n) is 11.1. The Balaban J connectivity index is 1.06. The summed E-state index contributed by atoms with van der Waals surface area (Å²) in [7, 11) is 1.99. The van der Waals surface area contributed by atoms with Crippen molar-refractivity contribution in [2.45, 2.75) is 20.0 Å². The Hall–Kier alpha value is -3.88. The van der Waals surface area contributed by atoms with E-state index in [0.717, 1.165) is 48.3 Å². The lowest BCUT2D eigenvalue weighted by molar-refractivity contribution is 0.0629. The summed E-state index contributed by atoms with van der Waals surface area (Å²) >= 11 is 0. The van der Waals surface area contributed by atoms with Crippen LogP contribution in [0.1, 0.15) is 34.6 Å². The molecule has 0 unspecified atom stereocenters. The number of fused-ring (bicyclic) bond motifs is 6. The highest BCUT2D eigenvalue weighted by Gasteiger charge is 2.59. The number of H-pyrrole nitrogens is 1. The summed E-state index contributed by atoms with van der Waals surface area (Å²) in [5.74, 6) is 2.70. The van der Waals surface area contributed by atoms with Crippen LogP contribution < -0.4 is 4.74 Å². The summed E-state index contributed by atoms with van der Waals surface area (Å²) < 4.78 is 8.10. The molecule has 3 aliphatic rings. The van der Waals surface area contributed by atoms with Gasteiger partial charge in [-0.3, -0.25) is 14.7 Å². The van der Waals surface area contributed by atoms with E-state index in [0.29, 0.717) is 40.3 Å². The lowest BCUT2D eigenvalue weighted by Gasteiger charge is -2.42. The number of carbonyl (C=O) groups is 2. The van der Waals surface area contributed by atoms with E-state index < -0.39 is 0 Å². The third-order valence-electron chi connectivity index (χ3n) is 8.65. The maximum absolute atomic E-state index is 13.6. The molecule has 4 atom stereocenters. The minimum Gasteiger partial charge on any atom is -0.490 e. The van der Waals surface area contributed by atoms with Gasteiger partial charge in [0, 0.05) is 55.9 Å². The van der Waals surface area contributed by atoms with Gasteiger partial charge < -0.3 is 19.1 Å². The molecule has 7 rings (SSSR count). The number of hydrogen-bond donors (Lipinski definition) is 1. The van der Waals surface area contributed by atoms with Gasteiger partial charge in [-0.1, -0.05) is 5.21 Å². The van der Waals surface area contributed by atoms with Gasteiger partial charge in [-0.25, -0.2) is 0 Å². The average Bonchev–Trinajstić information content (AvgIpc) is 3.65. The van der Waals surface area contributed by atoms with Crippen LogP contribution >= 0.6 is 0 Å². The number of aryl methyl sites for hydroxylation is 1. The van der Waals surface area contributed by atoms with Crippen LogP contribution in [-0.2, 0) is 7.05 Å². The zero-order valence-corrected chi connectivity index (χ0v) is 21.2. The van der Waals surface area contributed by atoms with E-state index in [-0.39, 0.29) is 17.9 Å². The van der Waals surface area contributed by atoms with Crippen LogP contribution in [0.2, 0.25) is 0 Å². The normalized spacial score (nSPS) is 24.5. The number of ether oxygens (including phenoxy) is 1. The van der Waals surface area contributed by atoms with E-state index in [2.05, 4.69) is 15.4 Å². The van der Waals surface area contributed by atoms with Gasteiger partial charge in [0.05, 0.1) is 17.1 Å². The Labute approximate surface area is 214 Å². The molecule has 1 saturated carbocycles. The highest BCUT2D eigenvalue weighted by atomic mass is 16.5. The molecule has 9 heteroatoms. The summed E-state index contributed by atoms with van der Waals surface area (Å²) in [6.45, 7) is 7.02. The number of benzene rings is 2. The number of nitrogens with zero attached hydrogens (tertiary/aromatic N) is 5. The first kappa shape index (κ1) is 22.3. The second-order valence-corrected chi connectivity index (χ2v) is 11.1. The van der Waals surface area contributed by atoms with Gasteiger partial charge in [0.2, 0.25) is 0 Å². The van der Waals surface area contributed by atoms with Gasteiger partial charge in [-0.15, -0.1) is 5.10 Å². The molecule has 1 N–H and O–H groups in total. The average molecular weight is 499 g/mol. The van der Waals surface area contributed by atoms with Gasteiger partial charge in [-0.2, -0.15) is 0 Å². The fourth-order valence-electron chi connectivity index (χ4n) is 6.86. The Kier molecular flexibility index (Phi) is 4.86. The summed E-state index contributed by atoms with van der Waals surface area (Å²) in [5.41, 5.74) is 3.86. The maximum Gasteiger partial charge on any atom is 0.254 e. The fourth-order valence-corrected chi connectivity index (χ4v) is 6.86. The number of hydrogen-bond acceptors (Lipinski definition) is 5. The molecule has 0 bridgehead atoms. The number of aromatic amines is 1. The van der Waals surface area contributed by atoms with Crippen molar-refractivity contribution in [1.29, 1.82) is 0 Å². The third kappa shape index (κ3) is 3.43. The molecule has 2 amide bonds. The van der Waals surface area contributed by atoms with Crippen LogP contribution in [0.15, 0.2) is 42.6 Å². The van der Waals surface area contributed by atoms with E-state index in [4.69, 9.17) is 4.74 Å². The molecular weight excluding hydrogens is 468 g/mol. The fraction of sp³-hybridized carbons (Fsp3) is 0.429. The van der Waals surface area contributed by atoms with Crippen LogP contribution in [0.25, 0.3) is 21.9 Å². The van der Waals surface area contributed by atoms with E-state index in [1.807, 2.05) is 77.9 Å². The van der Waals surface area contributed by atoms with E-state index in [9.17, 15) is 9.59 Å². The quantitative estimate of drug-likeness (QED) is 0.466. The van der Waals surface area contributed by atoms with Crippen molar-refractivity contribution in [3.05, 3.63) is 53.7 Å². The predicted molar refractivity (Wildman–Crippen MR) is 138 cm³/mol. The number of carbonyl (C=O) groups excluding carboxylic acids is 2. The minimum absolute atomic E-state index is 0.0271. The molecule has 2 saturated heterocycles. The lowest BCUT2D eigenvalue weighted by Crippen LogP contribution is -2.44. The Morgan fingerprint density at radius 2 is 1.57 bits per heavy atom. The maximum atomic E-state index is 13.6. The third-order valence-corrected chi connectivity index (χ3v) is 8.65. The molecule has 0 radical (unpaired) electrons. The van der Waals surface area contributed by atoms with Crippen LogP contribution in [0, 0.1) is 23.7 Å².